The number of hydrogen-bond donors (Lipinski definition) is 1. The summed E-state index contributed by atoms with van der Waals surface area (Å²) in [5.41, 5.74) is 3.50. The average molecular weight is 446 g/mol. The highest BCUT2D eigenvalue weighted by Gasteiger charge is 2.45. The van der Waals surface area contributed by atoms with E-state index in [0.717, 1.165) is 47.7 Å². The zero-order valence-corrected chi connectivity index (χ0v) is 19.3. The summed E-state index contributed by atoms with van der Waals surface area (Å²) in [6.45, 7) is 0.830. The maximum atomic E-state index is 13.9. The summed E-state index contributed by atoms with van der Waals surface area (Å²) >= 11 is 0. The topological polar surface area (TPSA) is 63.6 Å². The first kappa shape index (κ1) is 21.7. The Labute approximate surface area is 194 Å². The fourth-order valence-electron chi connectivity index (χ4n) is 5.63. The highest BCUT2D eigenvalue weighted by atomic mass is 16.5. The van der Waals surface area contributed by atoms with Gasteiger partial charge in [0.2, 0.25) is 5.91 Å². The number of carbonyl (C=O) groups excluding carboxylic acids is 2. The van der Waals surface area contributed by atoms with Crippen LogP contribution in [0, 0.1) is 0 Å². The first-order valence-corrected chi connectivity index (χ1v) is 11.8. The highest BCUT2D eigenvalue weighted by Crippen LogP contribution is 2.45. The number of aryl methyl sites for hydroxylation is 1. The predicted octanol–water partition coefficient (Wildman–Crippen LogP) is 4.16. The molecular formula is C27H31N3O3. The van der Waals surface area contributed by atoms with Crippen molar-refractivity contribution in [1.82, 2.24) is 14.8 Å². The van der Waals surface area contributed by atoms with E-state index in [9.17, 15) is 9.59 Å². The Morgan fingerprint density at radius 3 is 2.58 bits per heavy atom. The average Bonchev–Trinajstić information content (AvgIpc) is 3.46. The van der Waals surface area contributed by atoms with E-state index in [1.807, 2.05) is 48.3 Å². The number of fused-ring (bicyclic) bond motifs is 2. The van der Waals surface area contributed by atoms with Gasteiger partial charge in [-0.2, -0.15) is 0 Å². The van der Waals surface area contributed by atoms with Gasteiger partial charge in [-0.3, -0.25) is 9.59 Å². The Morgan fingerprint density at radius 2 is 1.79 bits per heavy atom. The number of amides is 2. The van der Waals surface area contributed by atoms with E-state index in [2.05, 4.69) is 28.2 Å². The van der Waals surface area contributed by atoms with E-state index in [-0.39, 0.29) is 17.9 Å². The first-order valence-electron chi connectivity index (χ1n) is 11.8. The Hall–Kier alpha value is -3.12. The molecule has 0 bridgehead atoms. The summed E-state index contributed by atoms with van der Waals surface area (Å²) in [6, 6.07) is 15.6. The van der Waals surface area contributed by atoms with Gasteiger partial charge in [-0.15, -0.1) is 0 Å². The third-order valence-electron chi connectivity index (χ3n) is 7.21. The van der Waals surface area contributed by atoms with Gasteiger partial charge in [0.15, 0.2) is 0 Å². The quantitative estimate of drug-likeness (QED) is 0.620. The molecule has 0 saturated heterocycles. The highest BCUT2D eigenvalue weighted by molar-refractivity contribution is 6.02. The molecule has 1 fully saturated rings. The van der Waals surface area contributed by atoms with Gasteiger partial charge in [-0.05, 0) is 30.5 Å². The maximum absolute atomic E-state index is 13.9. The zero-order valence-electron chi connectivity index (χ0n) is 19.3. The summed E-state index contributed by atoms with van der Waals surface area (Å²) < 4.78 is 7.44. The minimum atomic E-state index is -0.484. The van der Waals surface area contributed by atoms with Gasteiger partial charge in [0, 0.05) is 55.0 Å². The van der Waals surface area contributed by atoms with E-state index in [0.29, 0.717) is 18.7 Å². The maximum Gasteiger partial charge on any atom is 0.254 e. The van der Waals surface area contributed by atoms with Crippen molar-refractivity contribution in [3.63, 3.8) is 0 Å². The van der Waals surface area contributed by atoms with Crippen molar-refractivity contribution in [3.05, 3.63) is 71.4 Å². The minimum absolute atomic E-state index is 0.00204. The lowest BCUT2D eigenvalue weighted by molar-refractivity contribution is -0.125. The largest absolute Gasteiger partial charge is 0.383 e. The molecule has 2 unspecified atom stereocenters. The van der Waals surface area contributed by atoms with Crippen molar-refractivity contribution >= 4 is 22.7 Å². The number of carbonyl (C=O) groups is 2. The number of benzene rings is 2. The van der Waals surface area contributed by atoms with Crippen LogP contribution in [-0.2, 0) is 16.6 Å². The zero-order chi connectivity index (χ0) is 22.9. The lowest BCUT2D eigenvalue weighted by atomic mass is 9.79. The van der Waals surface area contributed by atoms with Gasteiger partial charge in [0.05, 0.1) is 18.6 Å². The second-order valence-corrected chi connectivity index (χ2v) is 9.20. The monoisotopic (exact) mass is 445 g/mol. The molecule has 172 valence electrons. The molecule has 2 atom stereocenters. The van der Waals surface area contributed by atoms with Gasteiger partial charge < -0.3 is 19.5 Å². The molecule has 2 aliphatic rings. The van der Waals surface area contributed by atoms with E-state index < -0.39 is 12.0 Å². The summed E-state index contributed by atoms with van der Waals surface area (Å²) in [5.74, 6) is -0.533. The number of methoxy groups -OCH3 is 1. The molecule has 2 amide bonds. The number of hydrogen-bond acceptors (Lipinski definition) is 3. The summed E-state index contributed by atoms with van der Waals surface area (Å²) in [4.78, 5) is 29.4. The van der Waals surface area contributed by atoms with E-state index in [1.54, 1.807) is 7.11 Å². The molecule has 1 N–H and O–H groups in total. The number of nitrogens with zero attached hydrogens (tertiary/aromatic N) is 2. The normalized spacial score (nSPS) is 20.9. The molecular weight excluding hydrogens is 414 g/mol. The van der Waals surface area contributed by atoms with Crippen molar-refractivity contribution < 1.29 is 14.3 Å². The molecule has 3 aromatic rings. The predicted molar refractivity (Wildman–Crippen MR) is 128 cm³/mol. The molecule has 2 aromatic carbocycles. The lowest BCUT2D eigenvalue weighted by Crippen LogP contribution is -2.49. The third kappa shape index (κ3) is 3.82. The van der Waals surface area contributed by atoms with Gasteiger partial charge in [0.1, 0.15) is 0 Å². The first-order chi connectivity index (χ1) is 16.1. The Morgan fingerprint density at radius 1 is 1.06 bits per heavy atom. The summed E-state index contributed by atoms with van der Waals surface area (Å²) in [6.07, 6.45) is 6.41. The SMILES string of the molecule is COCCN1C(=O)c2ccccc2C(C(=O)NC2CCCC2)C1c1cn(C)c2ccccc12. The Balaban J connectivity index is 1.68. The van der Waals surface area contributed by atoms with Crippen molar-refractivity contribution in [2.45, 2.75) is 43.7 Å². The Bertz CT molecular complexity index is 1180. The number of nitrogens with one attached hydrogen (secondary N) is 1. The van der Waals surface area contributed by atoms with Crippen molar-refractivity contribution in [2.24, 2.45) is 7.05 Å². The van der Waals surface area contributed by atoms with Crippen molar-refractivity contribution in [2.75, 3.05) is 20.3 Å². The van der Waals surface area contributed by atoms with Gasteiger partial charge in [0.25, 0.3) is 5.91 Å². The van der Waals surface area contributed by atoms with Crippen LogP contribution < -0.4 is 5.32 Å². The van der Waals surface area contributed by atoms with Crippen LogP contribution in [-0.4, -0.2) is 47.6 Å². The third-order valence-corrected chi connectivity index (χ3v) is 7.21. The fraction of sp³-hybridized carbons (Fsp3) is 0.407. The molecule has 2 heterocycles. The molecule has 1 saturated carbocycles. The second kappa shape index (κ2) is 9.02. The van der Waals surface area contributed by atoms with Crippen LogP contribution in [0.4, 0.5) is 0 Å². The fourth-order valence-corrected chi connectivity index (χ4v) is 5.63. The second-order valence-electron chi connectivity index (χ2n) is 9.20. The van der Waals surface area contributed by atoms with Crippen LogP contribution in [0.2, 0.25) is 0 Å². The smallest absolute Gasteiger partial charge is 0.254 e. The van der Waals surface area contributed by atoms with Gasteiger partial charge >= 0.3 is 0 Å². The van der Waals surface area contributed by atoms with Crippen LogP contribution >= 0.6 is 0 Å². The molecule has 5 rings (SSSR count). The van der Waals surface area contributed by atoms with Gasteiger partial charge in [-0.1, -0.05) is 49.2 Å². The van der Waals surface area contributed by atoms with Crippen LogP contribution in [0.1, 0.15) is 59.1 Å². The molecule has 1 aliphatic heterocycles. The van der Waals surface area contributed by atoms with Crippen LogP contribution in [0.15, 0.2) is 54.7 Å². The summed E-state index contributed by atoms with van der Waals surface area (Å²) in [7, 11) is 3.65. The molecule has 33 heavy (non-hydrogen) atoms. The van der Waals surface area contributed by atoms with Crippen LogP contribution in [0.5, 0.6) is 0 Å². The molecule has 0 spiro atoms. The molecule has 6 nitrogen and oxygen atoms in total. The minimum Gasteiger partial charge on any atom is -0.383 e. The van der Waals surface area contributed by atoms with Crippen LogP contribution in [0.25, 0.3) is 10.9 Å². The molecule has 0 radical (unpaired) electrons. The van der Waals surface area contributed by atoms with Crippen molar-refractivity contribution in [1.29, 1.82) is 0 Å². The summed E-state index contributed by atoms with van der Waals surface area (Å²) in [5, 5.41) is 4.39. The number of para-hydroxylation sites is 1. The van der Waals surface area contributed by atoms with E-state index >= 15 is 0 Å². The molecule has 1 aromatic heterocycles. The standard InChI is InChI=1S/C27H31N3O3/c1-29-17-22(19-11-7-8-14-23(19)29)25-24(26(31)28-18-9-3-4-10-18)20-12-5-6-13-21(20)27(32)30(25)15-16-33-2/h5-8,11-14,17-18,24-25H,3-4,9-10,15-16H2,1-2H3,(H,28,31). The molecule has 1 aliphatic carbocycles. The Kier molecular flexibility index (Phi) is 5.94. The lowest BCUT2D eigenvalue weighted by Gasteiger charge is -2.42. The van der Waals surface area contributed by atoms with Gasteiger partial charge in [-0.25, -0.2) is 0 Å². The molecule has 6 heteroatoms. The number of rotatable bonds is 6. The number of ether oxygens (including phenoxy) is 1. The number of aromatic nitrogens is 1. The van der Waals surface area contributed by atoms with E-state index in [4.69, 9.17) is 4.74 Å². The van der Waals surface area contributed by atoms with Crippen molar-refractivity contribution in [3.8, 4) is 0 Å². The van der Waals surface area contributed by atoms with E-state index in [1.165, 1.54) is 0 Å². The van der Waals surface area contributed by atoms with Crippen LogP contribution in [0.3, 0.4) is 0 Å².